The number of amides is 1. The molecule has 88 valence electrons. The molecule has 0 heterocycles. The second-order valence-corrected chi connectivity index (χ2v) is 3.36. The van der Waals surface area contributed by atoms with Gasteiger partial charge in [-0.3, -0.25) is 4.79 Å². The molecule has 1 rings (SSSR count). The molecule has 16 heavy (non-hydrogen) atoms. The van der Waals surface area contributed by atoms with Gasteiger partial charge in [0, 0.05) is 12.5 Å². The number of hydrogen-bond acceptors (Lipinski definition) is 2. The lowest BCUT2D eigenvalue weighted by atomic mass is 10.1. The van der Waals surface area contributed by atoms with Gasteiger partial charge in [-0.2, -0.15) is 0 Å². The second kappa shape index (κ2) is 5.55. The van der Waals surface area contributed by atoms with Crippen molar-refractivity contribution in [2.24, 2.45) is 0 Å². The Morgan fingerprint density at radius 2 is 1.94 bits per heavy atom. The van der Waals surface area contributed by atoms with Crippen LogP contribution in [0.3, 0.4) is 0 Å². The van der Waals surface area contributed by atoms with Crippen molar-refractivity contribution in [2.75, 3.05) is 6.61 Å². The number of carbonyl (C=O) groups excluding carboxylic acids is 1. The molecule has 0 aliphatic carbocycles. The molecule has 0 spiro atoms. The zero-order valence-electron chi connectivity index (χ0n) is 8.84. The van der Waals surface area contributed by atoms with Crippen LogP contribution in [0.5, 0.6) is 0 Å². The molecule has 0 radical (unpaired) electrons. The van der Waals surface area contributed by atoms with Gasteiger partial charge in [0.1, 0.15) is 11.6 Å². The van der Waals surface area contributed by atoms with Gasteiger partial charge in [0.25, 0.3) is 0 Å². The Balaban J connectivity index is 2.90. The number of aliphatic hydroxyl groups excluding tert-OH is 1. The number of benzene rings is 1. The average molecular weight is 229 g/mol. The lowest BCUT2D eigenvalue weighted by Crippen LogP contribution is -2.30. The fourth-order valence-corrected chi connectivity index (χ4v) is 1.31. The van der Waals surface area contributed by atoms with E-state index in [0.717, 1.165) is 18.2 Å². The van der Waals surface area contributed by atoms with Crippen LogP contribution in [0.2, 0.25) is 0 Å². The first-order chi connectivity index (χ1) is 7.56. The van der Waals surface area contributed by atoms with Crippen molar-refractivity contribution in [3.05, 3.63) is 35.4 Å². The van der Waals surface area contributed by atoms with E-state index in [1.807, 2.05) is 0 Å². The highest BCUT2D eigenvalue weighted by atomic mass is 19.1. The van der Waals surface area contributed by atoms with Gasteiger partial charge >= 0.3 is 0 Å². The molecule has 0 saturated heterocycles. The minimum atomic E-state index is -0.780. The van der Waals surface area contributed by atoms with Gasteiger partial charge < -0.3 is 10.4 Å². The van der Waals surface area contributed by atoms with Crippen LogP contribution in [0, 0.1) is 11.6 Å². The number of carbonyl (C=O) groups is 1. The summed E-state index contributed by atoms with van der Waals surface area (Å²) in [5.41, 5.74) is 0.210. The standard InChI is InChI=1S/C11H13F2NO2/c1-2-11(16)14-10(6-15)7-3-8(12)5-9(13)4-7/h3-5,10,15H,2,6H2,1H3,(H,14,16). The Kier molecular flexibility index (Phi) is 4.37. The van der Waals surface area contributed by atoms with Gasteiger partial charge in [0.2, 0.25) is 5.91 Å². The number of halogens is 2. The highest BCUT2D eigenvalue weighted by Crippen LogP contribution is 2.16. The summed E-state index contributed by atoms with van der Waals surface area (Å²) >= 11 is 0. The molecule has 1 aromatic carbocycles. The van der Waals surface area contributed by atoms with E-state index in [1.165, 1.54) is 0 Å². The topological polar surface area (TPSA) is 49.3 Å². The molecule has 1 amide bonds. The van der Waals surface area contributed by atoms with Crippen molar-refractivity contribution in [3.8, 4) is 0 Å². The van der Waals surface area contributed by atoms with Crippen molar-refractivity contribution in [3.63, 3.8) is 0 Å². The van der Waals surface area contributed by atoms with Gasteiger partial charge in [-0.15, -0.1) is 0 Å². The van der Waals surface area contributed by atoms with Crippen LogP contribution >= 0.6 is 0 Å². The third-order valence-corrected chi connectivity index (χ3v) is 2.13. The Hall–Kier alpha value is -1.49. The van der Waals surface area contributed by atoms with E-state index in [4.69, 9.17) is 5.11 Å². The van der Waals surface area contributed by atoms with E-state index >= 15 is 0 Å². The molecular formula is C11H13F2NO2. The lowest BCUT2D eigenvalue weighted by Gasteiger charge is -2.16. The first-order valence-electron chi connectivity index (χ1n) is 4.93. The van der Waals surface area contributed by atoms with Crippen LogP contribution in [0.25, 0.3) is 0 Å². The third-order valence-electron chi connectivity index (χ3n) is 2.13. The maximum absolute atomic E-state index is 12.9. The van der Waals surface area contributed by atoms with Crippen molar-refractivity contribution >= 4 is 5.91 Å². The molecule has 1 aromatic rings. The quantitative estimate of drug-likeness (QED) is 0.822. The lowest BCUT2D eigenvalue weighted by molar-refractivity contribution is -0.121. The van der Waals surface area contributed by atoms with Crippen LogP contribution in [-0.2, 0) is 4.79 Å². The van der Waals surface area contributed by atoms with E-state index < -0.39 is 24.3 Å². The fourth-order valence-electron chi connectivity index (χ4n) is 1.31. The fraction of sp³-hybridized carbons (Fsp3) is 0.364. The summed E-state index contributed by atoms with van der Waals surface area (Å²) in [6.45, 7) is 1.24. The maximum Gasteiger partial charge on any atom is 0.220 e. The monoisotopic (exact) mass is 229 g/mol. The first-order valence-corrected chi connectivity index (χ1v) is 4.93. The van der Waals surface area contributed by atoms with E-state index in [2.05, 4.69) is 5.32 Å². The highest BCUT2D eigenvalue weighted by Gasteiger charge is 2.14. The van der Waals surface area contributed by atoms with Crippen LogP contribution in [-0.4, -0.2) is 17.6 Å². The van der Waals surface area contributed by atoms with Gasteiger partial charge in [-0.05, 0) is 17.7 Å². The van der Waals surface area contributed by atoms with Gasteiger partial charge in [0.15, 0.2) is 0 Å². The minimum Gasteiger partial charge on any atom is -0.394 e. The Morgan fingerprint density at radius 1 is 1.38 bits per heavy atom. The molecule has 0 aliphatic rings. The van der Waals surface area contributed by atoms with Crippen molar-refractivity contribution < 1.29 is 18.7 Å². The third kappa shape index (κ3) is 3.27. The molecule has 0 bridgehead atoms. The van der Waals surface area contributed by atoms with Gasteiger partial charge in [-0.25, -0.2) is 8.78 Å². The largest absolute Gasteiger partial charge is 0.394 e. The average Bonchev–Trinajstić information content (AvgIpc) is 2.24. The molecule has 1 unspecified atom stereocenters. The maximum atomic E-state index is 12.9. The molecule has 0 aliphatic heterocycles. The molecular weight excluding hydrogens is 216 g/mol. The second-order valence-electron chi connectivity index (χ2n) is 3.36. The summed E-state index contributed by atoms with van der Waals surface area (Å²) in [7, 11) is 0. The zero-order chi connectivity index (χ0) is 12.1. The summed E-state index contributed by atoms with van der Waals surface area (Å²) in [6.07, 6.45) is 0.244. The summed E-state index contributed by atoms with van der Waals surface area (Å²) in [5.74, 6) is -1.76. The van der Waals surface area contributed by atoms with E-state index in [1.54, 1.807) is 6.92 Å². The van der Waals surface area contributed by atoms with Gasteiger partial charge in [0.05, 0.1) is 12.6 Å². The van der Waals surface area contributed by atoms with Crippen molar-refractivity contribution in [2.45, 2.75) is 19.4 Å². The molecule has 5 heteroatoms. The SMILES string of the molecule is CCC(=O)NC(CO)c1cc(F)cc(F)c1. The Morgan fingerprint density at radius 3 is 2.38 bits per heavy atom. The Labute approximate surface area is 92.1 Å². The molecule has 0 aromatic heterocycles. The number of hydrogen-bond donors (Lipinski definition) is 2. The number of nitrogens with one attached hydrogen (secondary N) is 1. The molecule has 0 fully saturated rings. The molecule has 1 atom stereocenters. The van der Waals surface area contributed by atoms with Crippen LogP contribution in [0.1, 0.15) is 24.9 Å². The predicted octanol–water partition coefficient (Wildman–Crippen LogP) is 1.52. The summed E-state index contributed by atoms with van der Waals surface area (Å²) in [6, 6.07) is 2.12. The summed E-state index contributed by atoms with van der Waals surface area (Å²) in [4.78, 5) is 11.1. The first kappa shape index (κ1) is 12.6. The van der Waals surface area contributed by atoms with E-state index in [-0.39, 0.29) is 17.9 Å². The Bertz CT molecular complexity index is 362. The van der Waals surface area contributed by atoms with Crippen LogP contribution < -0.4 is 5.32 Å². The molecule has 2 N–H and O–H groups in total. The molecule has 0 saturated carbocycles. The van der Waals surface area contributed by atoms with E-state index in [0.29, 0.717) is 0 Å². The highest BCUT2D eigenvalue weighted by molar-refractivity contribution is 5.76. The van der Waals surface area contributed by atoms with Crippen LogP contribution in [0.15, 0.2) is 18.2 Å². The number of rotatable bonds is 4. The predicted molar refractivity (Wildman–Crippen MR) is 54.6 cm³/mol. The summed E-state index contributed by atoms with van der Waals surface area (Å²) < 4.78 is 25.8. The smallest absolute Gasteiger partial charge is 0.220 e. The number of aliphatic hydroxyl groups is 1. The summed E-state index contributed by atoms with van der Waals surface area (Å²) in [5, 5.41) is 11.5. The van der Waals surface area contributed by atoms with Crippen molar-refractivity contribution in [1.29, 1.82) is 0 Å². The molecule has 3 nitrogen and oxygen atoms in total. The van der Waals surface area contributed by atoms with Crippen molar-refractivity contribution in [1.82, 2.24) is 5.32 Å². The zero-order valence-corrected chi connectivity index (χ0v) is 8.84. The minimum absolute atomic E-state index is 0.210. The normalized spacial score (nSPS) is 12.2. The van der Waals surface area contributed by atoms with Crippen LogP contribution in [0.4, 0.5) is 8.78 Å². The van der Waals surface area contributed by atoms with E-state index in [9.17, 15) is 13.6 Å². The van der Waals surface area contributed by atoms with Gasteiger partial charge in [-0.1, -0.05) is 6.92 Å².